The normalized spacial score (nSPS) is 18.7. The maximum absolute atomic E-state index is 14.0. The smallest absolute Gasteiger partial charge is 0.147 e. The fraction of sp³-hybridized carbons (Fsp3) is 0.394. The molecule has 6 heteroatoms. The molecular weight excluding hydrogens is 553 g/mol. The zero-order valence-electron chi connectivity index (χ0n) is 24.6. The average molecular weight is 592 g/mol. The fourth-order valence-electron chi connectivity index (χ4n) is 6.18. The van der Waals surface area contributed by atoms with Gasteiger partial charge < -0.3 is 0 Å². The van der Waals surface area contributed by atoms with E-state index in [1.54, 1.807) is 24.3 Å². The molecule has 1 nitrogen and oxygen atoms in total. The number of hydrogen-bond donors (Lipinski definition) is 0. The molecule has 0 atom stereocenters. The molecule has 0 N–H and O–H groups in total. The van der Waals surface area contributed by atoms with Crippen LogP contribution in [0.3, 0.4) is 0 Å². The van der Waals surface area contributed by atoms with Crippen molar-refractivity contribution in [1.82, 2.24) is 0 Å². The summed E-state index contributed by atoms with van der Waals surface area (Å²) in [6.07, 6.45) is -4.46. The van der Waals surface area contributed by atoms with E-state index in [1.807, 2.05) is 12.1 Å². The second-order valence-corrected chi connectivity index (χ2v) is 14.6. The van der Waals surface area contributed by atoms with E-state index in [4.69, 9.17) is 3.32 Å². The van der Waals surface area contributed by atoms with Gasteiger partial charge in [0.05, 0.1) is 0 Å². The zero-order valence-corrected chi connectivity index (χ0v) is 26.9. The molecule has 0 fully saturated rings. The molecule has 0 bridgehead atoms. The van der Waals surface area contributed by atoms with E-state index in [2.05, 4.69) is 69.2 Å². The van der Waals surface area contributed by atoms with E-state index in [1.165, 1.54) is 47.3 Å². The topological polar surface area (TPSA) is 9.23 Å². The van der Waals surface area contributed by atoms with Crippen LogP contribution in [0.15, 0.2) is 89.7 Å². The number of benzene rings is 2. The van der Waals surface area contributed by atoms with Gasteiger partial charge in [0, 0.05) is 0 Å². The third-order valence-corrected chi connectivity index (χ3v) is 14.4. The molecule has 4 rings (SSSR count). The van der Waals surface area contributed by atoms with Gasteiger partial charge in [0.25, 0.3) is 0 Å². The molecule has 2 aromatic rings. The summed E-state index contributed by atoms with van der Waals surface area (Å²) in [5, 5.41) is 0. The Morgan fingerprint density at radius 2 is 1.03 bits per heavy atom. The summed E-state index contributed by atoms with van der Waals surface area (Å²) in [6.45, 7) is 22.2. The van der Waals surface area contributed by atoms with Gasteiger partial charge in [0.2, 0.25) is 0 Å². The first-order valence-corrected chi connectivity index (χ1v) is 15.3. The Morgan fingerprint density at radius 3 is 1.44 bits per heavy atom. The van der Waals surface area contributed by atoms with Gasteiger partial charge in [-0.1, -0.05) is 0 Å². The first kappa shape index (κ1) is 31.5. The maximum Gasteiger partial charge on any atom is -0.147 e. The third-order valence-electron chi connectivity index (χ3n) is 9.20. The van der Waals surface area contributed by atoms with Crippen LogP contribution in [0, 0.1) is 10.8 Å². The molecule has 209 valence electrons. The van der Waals surface area contributed by atoms with Gasteiger partial charge in [-0.2, -0.15) is 0 Å². The summed E-state index contributed by atoms with van der Waals surface area (Å²) in [6, 6.07) is 13.0. The molecule has 0 unspecified atom stereocenters. The van der Waals surface area contributed by atoms with E-state index >= 15 is 0 Å². The molecule has 0 radical (unpaired) electrons. The van der Waals surface area contributed by atoms with Crippen LogP contribution in [0.5, 0.6) is 5.75 Å². The van der Waals surface area contributed by atoms with E-state index < -0.39 is 30.0 Å². The number of alkyl halides is 3. The Kier molecular flexibility index (Phi) is 8.70. The van der Waals surface area contributed by atoms with Crippen molar-refractivity contribution in [2.75, 3.05) is 0 Å². The predicted molar refractivity (Wildman–Crippen MR) is 154 cm³/mol. The Labute approximate surface area is 244 Å². The predicted octanol–water partition coefficient (Wildman–Crippen LogP) is 11.0. The Morgan fingerprint density at radius 1 is 0.615 bits per heavy atom. The van der Waals surface area contributed by atoms with Crippen LogP contribution in [0.25, 0.3) is 11.1 Å². The van der Waals surface area contributed by atoms with Crippen molar-refractivity contribution in [1.29, 1.82) is 0 Å². The second-order valence-electron chi connectivity index (χ2n) is 11.7. The first-order valence-electron chi connectivity index (χ1n) is 13.1. The number of halogens is 4. The molecule has 2 aliphatic carbocycles. The number of hydrogen-bond acceptors (Lipinski definition) is 1. The molecule has 0 saturated carbocycles. The van der Waals surface area contributed by atoms with Crippen LogP contribution in [0.4, 0.5) is 13.2 Å². The summed E-state index contributed by atoms with van der Waals surface area (Å²) in [4.78, 5) is 0. The number of allylic oxidation sites excluding steroid dienone is 8. The Hall–Kier alpha value is -2.01. The molecule has 0 aromatic heterocycles. The van der Waals surface area contributed by atoms with Gasteiger partial charge in [0.1, 0.15) is 0 Å². The molecule has 0 heterocycles. The van der Waals surface area contributed by atoms with Crippen LogP contribution in [-0.4, -0.2) is 0 Å². The molecule has 0 aliphatic heterocycles. The van der Waals surface area contributed by atoms with Crippen molar-refractivity contribution < 1.29 is 34.7 Å². The molecule has 0 spiro atoms. The van der Waals surface area contributed by atoms with Crippen molar-refractivity contribution in [2.24, 2.45) is 10.8 Å². The van der Waals surface area contributed by atoms with Gasteiger partial charge >= 0.3 is 233 Å². The van der Waals surface area contributed by atoms with Crippen molar-refractivity contribution in [3.05, 3.63) is 95.3 Å². The quantitative estimate of drug-likeness (QED) is 0.314. The van der Waals surface area contributed by atoms with Gasteiger partial charge in [-0.05, 0) is 0 Å². The molecular formula is C33H39ClF3OTi. The monoisotopic (exact) mass is 591 g/mol. The summed E-state index contributed by atoms with van der Waals surface area (Å²) in [5.74, 6) is 0.524. The minimum absolute atomic E-state index is 0. The van der Waals surface area contributed by atoms with Crippen molar-refractivity contribution in [2.45, 2.75) is 75.4 Å². The average Bonchev–Trinajstić information content (AvgIpc) is 3.10. The maximum atomic E-state index is 14.0. The van der Waals surface area contributed by atoms with E-state index in [0.717, 1.165) is 6.07 Å². The van der Waals surface area contributed by atoms with Crippen molar-refractivity contribution in [3.63, 3.8) is 0 Å². The molecule has 0 amide bonds. The van der Waals surface area contributed by atoms with Gasteiger partial charge in [-0.25, -0.2) is 0 Å². The zero-order chi connectivity index (χ0) is 28.4. The fourth-order valence-corrected chi connectivity index (χ4v) is 11.5. The van der Waals surface area contributed by atoms with E-state index in [-0.39, 0.29) is 28.8 Å². The SMILES string of the molecule is CC1=C(C)C(C)(C)[C]([Ti]([O]c2ccccc2-c2ccccc2C(F)(F)F)[C]2=C(C)C(C)=C(C)C2(C)C)=C1C.Cl. The third kappa shape index (κ3) is 5.14. The largest absolute Gasteiger partial charge is 0.147 e. The van der Waals surface area contributed by atoms with Crippen LogP contribution in [0.2, 0.25) is 0 Å². The Balaban J connectivity index is 0.00000420. The summed E-state index contributed by atoms with van der Waals surface area (Å²) < 4.78 is 52.0. The van der Waals surface area contributed by atoms with Crippen LogP contribution in [0.1, 0.15) is 74.8 Å². The number of rotatable bonds is 5. The number of para-hydroxylation sites is 1. The summed E-state index contributed by atoms with van der Waals surface area (Å²) in [5.41, 5.74) is 7.43. The molecule has 2 aromatic carbocycles. The van der Waals surface area contributed by atoms with Crippen LogP contribution >= 0.6 is 12.4 Å². The Bertz CT molecular complexity index is 1380. The van der Waals surface area contributed by atoms with Crippen LogP contribution < -0.4 is 3.32 Å². The molecule has 39 heavy (non-hydrogen) atoms. The van der Waals surface area contributed by atoms with E-state index in [9.17, 15) is 13.2 Å². The van der Waals surface area contributed by atoms with E-state index in [0.29, 0.717) is 11.3 Å². The second kappa shape index (κ2) is 10.8. The summed E-state index contributed by atoms with van der Waals surface area (Å²) in [7, 11) is 0. The van der Waals surface area contributed by atoms with Crippen molar-refractivity contribution in [3.8, 4) is 16.9 Å². The van der Waals surface area contributed by atoms with Crippen LogP contribution in [-0.2, 0) is 24.4 Å². The first-order chi connectivity index (χ1) is 17.5. The standard InChI is InChI=1S/C13H9F3O.2C10H15.ClH.Ti/c14-13(15,16)11-7-3-1-5-9(11)10-6-2-4-8-12(10)17;2*1-7-6-10(4,5)9(3)8(7)2;;/h1-8,17H;2*1-5H3;1H;/q;;;;+1/p-1. The minimum atomic E-state index is -4.46. The summed E-state index contributed by atoms with van der Waals surface area (Å²) >= 11 is -2.79. The van der Waals surface area contributed by atoms with Gasteiger partial charge in [0.15, 0.2) is 0 Å². The molecule has 0 saturated heterocycles. The van der Waals surface area contributed by atoms with Gasteiger partial charge in [-0.15, -0.1) is 12.4 Å². The minimum Gasteiger partial charge on any atom is -0.147 e. The molecule has 2 aliphatic rings. The van der Waals surface area contributed by atoms with Gasteiger partial charge in [-0.3, -0.25) is 0 Å². The van der Waals surface area contributed by atoms with Crippen molar-refractivity contribution >= 4 is 12.4 Å².